The zero-order valence-corrected chi connectivity index (χ0v) is 12.1. The summed E-state index contributed by atoms with van der Waals surface area (Å²) in [4.78, 5) is 0. The van der Waals surface area contributed by atoms with Gasteiger partial charge in [0.15, 0.2) is 0 Å². The van der Waals surface area contributed by atoms with Gasteiger partial charge in [-0.25, -0.2) is 0 Å². The molecule has 1 aromatic carbocycles. The molecule has 0 radical (unpaired) electrons. The van der Waals surface area contributed by atoms with Gasteiger partial charge in [-0.3, -0.25) is 0 Å². The van der Waals surface area contributed by atoms with Gasteiger partial charge in [0, 0.05) is 18.0 Å². The Bertz CT molecular complexity index is 538. The summed E-state index contributed by atoms with van der Waals surface area (Å²) in [5.74, 6) is 6.20. The van der Waals surface area contributed by atoms with Crippen LogP contribution in [0.15, 0.2) is 18.2 Å². The predicted octanol–water partition coefficient (Wildman–Crippen LogP) is 3.17. The van der Waals surface area contributed by atoms with Crippen molar-refractivity contribution < 1.29 is 4.74 Å². The molecule has 3 saturated carbocycles. The van der Waals surface area contributed by atoms with Crippen molar-refractivity contribution in [3.63, 3.8) is 0 Å². The molecule has 0 aromatic heterocycles. The summed E-state index contributed by atoms with van der Waals surface area (Å²) in [5.41, 5.74) is 2.85. The van der Waals surface area contributed by atoms with E-state index in [1.165, 1.54) is 36.1 Å². The molecule has 0 spiro atoms. The third kappa shape index (κ3) is 1.38. The second kappa shape index (κ2) is 4.00. The molecule has 3 aliphatic carbocycles. The van der Waals surface area contributed by atoms with E-state index < -0.39 is 0 Å². The largest absolute Gasteiger partial charge is 0.493 e. The van der Waals surface area contributed by atoms with Crippen molar-refractivity contribution >= 4 is 0 Å². The molecule has 1 N–H and O–H groups in total. The smallest absolute Gasteiger partial charge is 0.127 e. The average Bonchev–Trinajstić information content (AvgIpc) is 2.91. The van der Waals surface area contributed by atoms with E-state index in [0.717, 1.165) is 42.6 Å². The first-order valence-corrected chi connectivity index (χ1v) is 8.30. The molecular weight excluding hydrogens is 246 g/mol. The number of hydrogen-bond acceptors (Lipinski definition) is 2. The third-order valence-electron chi connectivity index (χ3n) is 6.57. The average molecular weight is 269 g/mol. The number of para-hydroxylation sites is 1. The molecule has 2 nitrogen and oxygen atoms in total. The lowest BCUT2D eigenvalue weighted by Crippen LogP contribution is -2.22. The van der Waals surface area contributed by atoms with Crippen molar-refractivity contribution in [1.29, 1.82) is 0 Å². The van der Waals surface area contributed by atoms with Gasteiger partial charge in [-0.2, -0.15) is 0 Å². The van der Waals surface area contributed by atoms with Crippen LogP contribution in [-0.2, 0) is 6.42 Å². The number of fused-ring (bicyclic) bond motifs is 6. The molecule has 2 heteroatoms. The number of rotatable bonds is 3. The van der Waals surface area contributed by atoms with E-state index in [-0.39, 0.29) is 0 Å². The summed E-state index contributed by atoms with van der Waals surface area (Å²) in [6.45, 7) is 0.867. The van der Waals surface area contributed by atoms with E-state index in [0.29, 0.717) is 6.04 Å². The first-order chi connectivity index (χ1) is 9.88. The molecule has 20 heavy (non-hydrogen) atoms. The molecule has 1 aromatic rings. The zero-order valence-electron chi connectivity index (χ0n) is 12.1. The molecule has 5 rings (SSSR count). The fourth-order valence-electron chi connectivity index (χ4n) is 5.88. The van der Waals surface area contributed by atoms with Gasteiger partial charge in [-0.1, -0.05) is 18.2 Å². The second-order valence-corrected chi connectivity index (χ2v) is 7.27. The van der Waals surface area contributed by atoms with Crippen LogP contribution in [0.3, 0.4) is 0 Å². The Labute approximate surface area is 120 Å². The van der Waals surface area contributed by atoms with Crippen molar-refractivity contribution in [3.8, 4) is 5.75 Å². The minimum atomic E-state index is 0.515. The Balaban J connectivity index is 1.49. The maximum atomic E-state index is 5.94. The number of nitrogens with one attached hydrogen (secondary N) is 1. The van der Waals surface area contributed by atoms with Gasteiger partial charge in [-0.15, -0.1) is 0 Å². The standard InChI is InChI=1S/C18H23NO/c1-19-17(13-4-2-3-10-7-8-20-18(10)13)16-14-11-5-6-12(9-11)15(14)16/h2-4,11-12,14-17,19H,5-9H2,1H3. The van der Waals surface area contributed by atoms with Gasteiger partial charge >= 0.3 is 0 Å². The van der Waals surface area contributed by atoms with Gasteiger partial charge in [0.1, 0.15) is 5.75 Å². The lowest BCUT2D eigenvalue weighted by atomic mass is 9.91. The minimum Gasteiger partial charge on any atom is -0.493 e. The number of hydrogen-bond donors (Lipinski definition) is 1. The lowest BCUT2D eigenvalue weighted by Gasteiger charge is -2.22. The van der Waals surface area contributed by atoms with E-state index in [1.807, 2.05) is 0 Å². The van der Waals surface area contributed by atoms with Crippen molar-refractivity contribution in [3.05, 3.63) is 29.3 Å². The number of ether oxygens (including phenoxy) is 1. The Hall–Kier alpha value is -1.02. The summed E-state index contributed by atoms with van der Waals surface area (Å²) >= 11 is 0. The molecule has 0 saturated heterocycles. The highest BCUT2D eigenvalue weighted by molar-refractivity contribution is 5.46. The van der Waals surface area contributed by atoms with E-state index >= 15 is 0 Å². The van der Waals surface area contributed by atoms with Crippen LogP contribution in [0.4, 0.5) is 0 Å². The Morgan fingerprint density at radius 2 is 2.00 bits per heavy atom. The van der Waals surface area contributed by atoms with Gasteiger partial charge in [0.05, 0.1) is 6.61 Å². The Morgan fingerprint density at radius 3 is 2.75 bits per heavy atom. The summed E-state index contributed by atoms with van der Waals surface area (Å²) in [7, 11) is 2.13. The van der Waals surface area contributed by atoms with Gasteiger partial charge < -0.3 is 10.1 Å². The maximum absolute atomic E-state index is 5.94. The quantitative estimate of drug-likeness (QED) is 0.910. The third-order valence-corrected chi connectivity index (χ3v) is 6.57. The highest BCUT2D eigenvalue weighted by Gasteiger charge is 2.66. The fourth-order valence-corrected chi connectivity index (χ4v) is 5.88. The molecule has 1 heterocycles. The monoisotopic (exact) mass is 269 g/mol. The zero-order chi connectivity index (χ0) is 13.3. The van der Waals surface area contributed by atoms with Crippen molar-refractivity contribution in [2.75, 3.05) is 13.7 Å². The topological polar surface area (TPSA) is 21.3 Å². The van der Waals surface area contributed by atoms with Crippen molar-refractivity contribution in [2.24, 2.45) is 29.6 Å². The molecule has 0 amide bonds. The highest BCUT2D eigenvalue weighted by atomic mass is 16.5. The molecule has 1 aliphatic heterocycles. The number of benzene rings is 1. The Morgan fingerprint density at radius 1 is 1.20 bits per heavy atom. The summed E-state index contributed by atoms with van der Waals surface area (Å²) in [6.07, 6.45) is 5.62. The maximum Gasteiger partial charge on any atom is 0.127 e. The molecule has 5 unspecified atom stereocenters. The summed E-state index contributed by atoms with van der Waals surface area (Å²) in [6, 6.07) is 7.26. The minimum absolute atomic E-state index is 0.515. The second-order valence-electron chi connectivity index (χ2n) is 7.27. The van der Waals surface area contributed by atoms with Gasteiger partial charge in [-0.05, 0) is 61.5 Å². The first kappa shape index (κ1) is 11.6. The van der Waals surface area contributed by atoms with Crippen LogP contribution < -0.4 is 10.1 Å². The van der Waals surface area contributed by atoms with Gasteiger partial charge in [0.25, 0.3) is 0 Å². The molecule has 106 valence electrons. The summed E-state index contributed by atoms with van der Waals surface area (Å²) in [5, 5.41) is 3.63. The van der Waals surface area contributed by atoms with Crippen LogP contribution in [0.5, 0.6) is 5.75 Å². The highest BCUT2D eigenvalue weighted by Crippen LogP contribution is 2.72. The first-order valence-electron chi connectivity index (χ1n) is 8.30. The van der Waals surface area contributed by atoms with Crippen LogP contribution in [0.25, 0.3) is 0 Å². The van der Waals surface area contributed by atoms with Crippen LogP contribution in [-0.4, -0.2) is 13.7 Å². The predicted molar refractivity (Wildman–Crippen MR) is 78.7 cm³/mol. The van der Waals surface area contributed by atoms with E-state index in [2.05, 4.69) is 30.6 Å². The lowest BCUT2D eigenvalue weighted by molar-refractivity contribution is 0.336. The molecule has 2 bridgehead atoms. The van der Waals surface area contributed by atoms with Crippen molar-refractivity contribution in [1.82, 2.24) is 5.32 Å². The fraction of sp³-hybridized carbons (Fsp3) is 0.667. The van der Waals surface area contributed by atoms with Crippen LogP contribution in [0.1, 0.15) is 36.4 Å². The van der Waals surface area contributed by atoms with E-state index in [1.54, 1.807) is 0 Å². The summed E-state index contributed by atoms with van der Waals surface area (Å²) < 4.78 is 5.94. The van der Waals surface area contributed by atoms with E-state index in [9.17, 15) is 0 Å². The van der Waals surface area contributed by atoms with Crippen LogP contribution in [0, 0.1) is 29.6 Å². The Kier molecular flexibility index (Phi) is 2.33. The normalized spacial score (nSPS) is 41.1. The van der Waals surface area contributed by atoms with Crippen LogP contribution >= 0.6 is 0 Å². The molecule has 4 aliphatic rings. The van der Waals surface area contributed by atoms with Crippen LogP contribution in [0.2, 0.25) is 0 Å². The van der Waals surface area contributed by atoms with Gasteiger partial charge in [0.2, 0.25) is 0 Å². The molecular formula is C18H23NO. The molecule has 5 atom stereocenters. The van der Waals surface area contributed by atoms with E-state index in [4.69, 9.17) is 4.74 Å². The SMILES string of the molecule is CNC(c1cccc2c1OCC2)C1C2C3CCC(C3)C21. The van der Waals surface area contributed by atoms with Crippen molar-refractivity contribution in [2.45, 2.75) is 31.7 Å². The molecule has 3 fully saturated rings.